The van der Waals surface area contributed by atoms with E-state index in [9.17, 15) is 4.79 Å². The van der Waals surface area contributed by atoms with Gasteiger partial charge in [-0.05, 0) is 58.6 Å². The van der Waals surface area contributed by atoms with Crippen LogP contribution in [-0.2, 0) is 0 Å². The van der Waals surface area contributed by atoms with E-state index < -0.39 is 0 Å². The molecule has 2 N–H and O–H groups in total. The molecule has 146 valence electrons. The maximum absolute atomic E-state index is 13.3. The van der Waals surface area contributed by atoms with Gasteiger partial charge in [-0.2, -0.15) is 0 Å². The van der Waals surface area contributed by atoms with Gasteiger partial charge in [-0.25, -0.2) is 4.98 Å². The molecule has 0 radical (unpaired) electrons. The Morgan fingerprint density at radius 1 is 1.21 bits per heavy atom. The highest BCUT2D eigenvalue weighted by Gasteiger charge is 2.34. The summed E-state index contributed by atoms with van der Waals surface area (Å²) in [6.07, 6.45) is 4.41. The Hall–Kier alpha value is -2.25. The van der Waals surface area contributed by atoms with Gasteiger partial charge in [0.15, 0.2) is 0 Å². The van der Waals surface area contributed by atoms with Crippen LogP contribution in [0.15, 0.2) is 16.7 Å². The van der Waals surface area contributed by atoms with Crippen molar-refractivity contribution in [3.8, 4) is 11.3 Å². The van der Waals surface area contributed by atoms with E-state index in [2.05, 4.69) is 40.7 Å². The molecule has 3 aromatic heterocycles. The fraction of sp³-hybridized carbons (Fsp3) is 0.476. The maximum Gasteiger partial charge on any atom is 0.259 e. The largest absolute Gasteiger partial charge is 0.349 e. The number of hydrogen-bond acceptors (Lipinski definition) is 6. The Balaban J connectivity index is 1.52. The van der Waals surface area contributed by atoms with E-state index >= 15 is 0 Å². The molecule has 0 spiro atoms. The summed E-state index contributed by atoms with van der Waals surface area (Å²) >= 11 is 1.73. The zero-order valence-corrected chi connectivity index (χ0v) is 17.2. The molecule has 28 heavy (non-hydrogen) atoms. The molecular weight excluding hydrogens is 372 g/mol. The summed E-state index contributed by atoms with van der Waals surface area (Å²) in [5.74, 6) is -0.0594. The minimum atomic E-state index is -0.0594. The lowest BCUT2D eigenvalue weighted by atomic mass is 9.98. The quantitative estimate of drug-likeness (QED) is 0.702. The Kier molecular flexibility index (Phi) is 4.25. The highest BCUT2D eigenvalue weighted by atomic mass is 32.1. The van der Waals surface area contributed by atoms with Gasteiger partial charge in [0.1, 0.15) is 0 Å². The van der Waals surface area contributed by atoms with E-state index in [-0.39, 0.29) is 11.9 Å². The highest BCUT2D eigenvalue weighted by Crippen LogP contribution is 2.33. The molecule has 7 heteroatoms. The van der Waals surface area contributed by atoms with Gasteiger partial charge in [0.25, 0.3) is 11.6 Å². The van der Waals surface area contributed by atoms with Crippen LogP contribution in [0.1, 0.15) is 51.5 Å². The van der Waals surface area contributed by atoms with E-state index in [0.717, 1.165) is 24.1 Å². The molecule has 0 aliphatic carbocycles. The molecule has 0 aromatic carbocycles. The van der Waals surface area contributed by atoms with Crippen molar-refractivity contribution in [3.63, 3.8) is 0 Å². The number of pyridine rings is 1. The summed E-state index contributed by atoms with van der Waals surface area (Å²) in [4.78, 5) is 20.3. The van der Waals surface area contributed by atoms with E-state index in [1.165, 1.54) is 22.6 Å². The van der Waals surface area contributed by atoms with Crippen LogP contribution < -0.4 is 10.6 Å². The second-order valence-electron chi connectivity index (χ2n) is 8.11. The number of carbonyl (C=O) groups excluding carboxylic acids is 1. The van der Waals surface area contributed by atoms with Gasteiger partial charge in [-0.3, -0.25) is 4.79 Å². The molecule has 5 rings (SSSR count). The molecule has 2 fully saturated rings. The van der Waals surface area contributed by atoms with Crippen LogP contribution in [-0.4, -0.2) is 34.2 Å². The summed E-state index contributed by atoms with van der Waals surface area (Å²) in [6.45, 7) is 6.01. The Bertz CT molecular complexity index is 1060. The molecule has 5 heterocycles. The number of hydrogen-bond donors (Lipinski definition) is 2. The van der Waals surface area contributed by atoms with Crippen LogP contribution in [0.4, 0.5) is 0 Å². The lowest BCUT2D eigenvalue weighted by Gasteiger charge is -2.29. The number of rotatable bonds is 3. The minimum Gasteiger partial charge on any atom is -0.349 e. The number of fused-ring (bicyclic) bond motifs is 3. The molecule has 2 aliphatic rings. The second kappa shape index (κ2) is 6.67. The monoisotopic (exact) mass is 396 g/mol. The van der Waals surface area contributed by atoms with Crippen molar-refractivity contribution in [3.05, 3.63) is 33.1 Å². The summed E-state index contributed by atoms with van der Waals surface area (Å²) < 4.78 is 5.43. The van der Waals surface area contributed by atoms with Crippen molar-refractivity contribution in [2.45, 2.75) is 64.6 Å². The third kappa shape index (κ3) is 3.02. The van der Waals surface area contributed by atoms with Gasteiger partial charge >= 0.3 is 0 Å². The highest BCUT2D eigenvalue weighted by molar-refractivity contribution is 7.12. The first-order valence-corrected chi connectivity index (χ1v) is 10.7. The molecule has 2 atom stereocenters. The molecule has 0 saturated carbocycles. The van der Waals surface area contributed by atoms with Gasteiger partial charge in [-0.15, -0.1) is 11.3 Å². The fourth-order valence-electron chi connectivity index (χ4n) is 4.74. The average molecular weight is 397 g/mol. The topological polar surface area (TPSA) is 80.0 Å². The third-order valence-corrected chi connectivity index (χ3v) is 6.95. The number of nitrogens with zero attached hydrogens (tertiary/aromatic N) is 2. The van der Waals surface area contributed by atoms with Crippen LogP contribution in [0.25, 0.3) is 22.4 Å². The zero-order chi connectivity index (χ0) is 19.4. The summed E-state index contributed by atoms with van der Waals surface area (Å²) in [5.41, 5.74) is 3.54. The maximum atomic E-state index is 13.3. The molecule has 1 amide bonds. The van der Waals surface area contributed by atoms with Crippen LogP contribution in [0.3, 0.4) is 0 Å². The first-order valence-electron chi connectivity index (χ1n) is 9.89. The van der Waals surface area contributed by atoms with Crippen LogP contribution in [0.5, 0.6) is 0 Å². The average Bonchev–Trinajstić information content (AvgIpc) is 3.31. The van der Waals surface area contributed by atoms with Gasteiger partial charge in [0.2, 0.25) is 0 Å². The molecule has 2 aliphatic heterocycles. The lowest BCUT2D eigenvalue weighted by molar-refractivity contribution is 0.0925. The number of aryl methyl sites for hydroxylation is 3. The van der Waals surface area contributed by atoms with Crippen LogP contribution >= 0.6 is 11.3 Å². The van der Waals surface area contributed by atoms with Crippen LogP contribution in [0, 0.1) is 20.8 Å². The van der Waals surface area contributed by atoms with Crippen molar-refractivity contribution >= 4 is 28.3 Å². The Morgan fingerprint density at radius 3 is 2.64 bits per heavy atom. The normalized spacial score (nSPS) is 24.0. The summed E-state index contributed by atoms with van der Waals surface area (Å²) in [6, 6.07) is 5.29. The second-order valence-corrected chi connectivity index (χ2v) is 9.57. The first kappa shape index (κ1) is 17.8. The summed E-state index contributed by atoms with van der Waals surface area (Å²) in [7, 11) is 0. The van der Waals surface area contributed by atoms with Crippen molar-refractivity contribution < 1.29 is 9.32 Å². The molecule has 2 bridgehead atoms. The minimum absolute atomic E-state index is 0.0594. The first-order chi connectivity index (χ1) is 13.5. The molecular formula is C21H24N4O2S. The van der Waals surface area contributed by atoms with Crippen LogP contribution in [0.2, 0.25) is 0 Å². The van der Waals surface area contributed by atoms with Crippen molar-refractivity contribution in [1.29, 1.82) is 0 Å². The Labute approximate surface area is 167 Å². The predicted molar refractivity (Wildman–Crippen MR) is 110 cm³/mol. The van der Waals surface area contributed by atoms with E-state index in [1.54, 1.807) is 11.3 Å². The number of amides is 1. The summed E-state index contributed by atoms with van der Waals surface area (Å²) in [5, 5.41) is 11.7. The molecule has 2 unspecified atom stereocenters. The number of piperidine rings is 1. The smallest absolute Gasteiger partial charge is 0.259 e. The van der Waals surface area contributed by atoms with Crippen molar-refractivity contribution in [2.24, 2.45) is 0 Å². The zero-order valence-electron chi connectivity index (χ0n) is 16.3. The SMILES string of the molecule is Cc1cc(-c2cc(C(=O)NC3CC4CCC(C3)N4)c3c(C)noc3n2)c(C)s1. The van der Waals surface area contributed by atoms with Crippen molar-refractivity contribution in [1.82, 2.24) is 20.8 Å². The number of aromatic nitrogens is 2. The van der Waals surface area contributed by atoms with Crippen molar-refractivity contribution in [2.75, 3.05) is 0 Å². The van der Waals surface area contributed by atoms with Gasteiger partial charge in [0, 0.05) is 33.4 Å². The molecule has 6 nitrogen and oxygen atoms in total. The van der Waals surface area contributed by atoms with Gasteiger partial charge < -0.3 is 15.2 Å². The number of nitrogens with one attached hydrogen (secondary N) is 2. The predicted octanol–water partition coefficient (Wildman–Crippen LogP) is 3.89. The van der Waals surface area contributed by atoms with E-state index in [1.807, 2.05) is 13.0 Å². The Morgan fingerprint density at radius 2 is 1.96 bits per heavy atom. The van der Waals surface area contributed by atoms with E-state index in [0.29, 0.717) is 34.4 Å². The molecule has 2 saturated heterocycles. The number of carbonyl (C=O) groups is 1. The number of thiophene rings is 1. The standard InChI is InChI=1S/C21H24N4O2S/c1-10-6-16(12(3)28-10)18-9-17(19-11(2)25-27-21(19)24-18)20(26)23-15-7-13-4-5-14(8-15)22-13/h6,9,13-15,22H,4-5,7-8H2,1-3H3,(H,23,26). The third-order valence-electron chi connectivity index (χ3n) is 5.99. The lowest BCUT2D eigenvalue weighted by Crippen LogP contribution is -2.48. The van der Waals surface area contributed by atoms with E-state index in [4.69, 9.17) is 4.52 Å². The molecule has 3 aromatic rings. The fourth-order valence-corrected chi connectivity index (χ4v) is 5.67. The van der Waals surface area contributed by atoms with Gasteiger partial charge in [-0.1, -0.05) is 5.16 Å². The van der Waals surface area contributed by atoms with Gasteiger partial charge in [0.05, 0.1) is 22.3 Å².